The molecule has 3 unspecified atom stereocenters. The minimum absolute atomic E-state index is 0.104. The van der Waals surface area contributed by atoms with Crippen LogP contribution in [0.25, 0.3) is 0 Å². The molecule has 16 heavy (non-hydrogen) atoms. The van der Waals surface area contributed by atoms with Crippen LogP contribution in [0.5, 0.6) is 0 Å². The lowest BCUT2D eigenvalue weighted by Crippen LogP contribution is -2.42. The second-order valence-corrected chi connectivity index (χ2v) is 5.54. The van der Waals surface area contributed by atoms with E-state index >= 15 is 0 Å². The molecule has 1 N–H and O–H groups in total. The van der Waals surface area contributed by atoms with Gasteiger partial charge in [0.05, 0.1) is 6.10 Å². The van der Waals surface area contributed by atoms with Crippen LogP contribution in [0.15, 0.2) is 18.3 Å². The highest BCUT2D eigenvalue weighted by Gasteiger charge is 2.42. The van der Waals surface area contributed by atoms with Crippen molar-refractivity contribution in [1.82, 2.24) is 4.98 Å². The molecular weight excluding hydrogens is 222 g/mol. The number of nitrogens with zero attached hydrogens (tertiary/aromatic N) is 1. The normalized spacial score (nSPS) is 37.6. The third kappa shape index (κ3) is 1.74. The van der Waals surface area contributed by atoms with E-state index < -0.39 is 0 Å². The van der Waals surface area contributed by atoms with E-state index in [-0.39, 0.29) is 6.10 Å². The lowest BCUT2D eigenvalue weighted by atomic mass is 9.60. The fraction of sp³-hybridized carbons (Fsp3) is 0.615. The Bertz CT molecular complexity index is 370. The highest BCUT2D eigenvalue weighted by atomic mass is 35.5. The summed E-state index contributed by atoms with van der Waals surface area (Å²) in [4.78, 5) is 4.13. The first-order valence-corrected chi connectivity index (χ1v) is 6.41. The summed E-state index contributed by atoms with van der Waals surface area (Å²) in [6.07, 6.45) is 6.37. The van der Waals surface area contributed by atoms with Crippen LogP contribution in [0, 0.1) is 11.8 Å². The largest absolute Gasteiger partial charge is 0.393 e. The van der Waals surface area contributed by atoms with Crippen molar-refractivity contribution in [2.24, 2.45) is 11.8 Å². The Hall–Kier alpha value is -0.600. The Morgan fingerprint density at radius 1 is 1.25 bits per heavy atom. The molecule has 1 heterocycles. The van der Waals surface area contributed by atoms with Gasteiger partial charge in [0.2, 0.25) is 0 Å². The topological polar surface area (TPSA) is 33.1 Å². The van der Waals surface area contributed by atoms with E-state index in [1.54, 1.807) is 0 Å². The number of hydrogen-bond donors (Lipinski definition) is 1. The first-order valence-electron chi connectivity index (χ1n) is 6.03. The summed E-state index contributed by atoms with van der Waals surface area (Å²) >= 11 is 5.78. The molecule has 2 saturated carbocycles. The van der Waals surface area contributed by atoms with Crippen molar-refractivity contribution in [1.29, 1.82) is 0 Å². The van der Waals surface area contributed by atoms with Gasteiger partial charge >= 0.3 is 0 Å². The first-order chi connectivity index (χ1) is 7.74. The molecule has 4 atom stereocenters. The number of aliphatic hydroxyl groups excluding tert-OH is 1. The fourth-order valence-corrected chi connectivity index (χ4v) is 3.33. The van der Waals surface area contributed by atoms with Gasteiger partial charge in [0.25, 0.3) is 0 Å². The second-order valence-electron chi connectivity index (χ2n) is 5.15. The molecule has 0 aromatic carbocycles. The van der Waals surface area contributed by atoms with Gasteiger partial charge in [0.1, 0.15) is 5.15 Å². The minimum atomic E-state index is -0.104. The molecule has 2 fully saturated rings. The molecule has 2 nitrogen and oxygen atoms in total. The molecule has 1 aromatic rings. The minimum Gasteiger partial charge on any atom is -0.393 e. The third-order valence-corrected chi connectivity index (χ3v) is 4.53. The maximum atomic E-state index is 10.0. The summed E-state index contributed by atoms with van der Waals surface area (Å²) in [7, 11) is 0. The molecule has 0 saturated heterocycles. The predicted molar refractivity (Wildman–Crippen MR) is 63.4 cm³/mol. The van der Waals surface area contributed by atoms with Gasteiger partial charge < -0.3 is 5.11 Å². The van der Waals surface area contributed by atoms with Crippen LogP contribution in [-0.2, 0) is 0 Å². The van der Waals surface area contributed by atoms with Crippen molar-refractivity contribution in [3.8, 4) is 0 Å². The third-order valence-electron chi connectivity index (χ3n) is 4.31. The molecule has 0 aliphatic heterocycles. The smallest absolute Gasteiger partial charge is 0.129 e. The van der Waals surface area contributed by atoms with Crippen molar-refractivity contribution >= 4 is 11.6 Å². The summed E-state index contributed by atoms with van der Waals surface area (Å²) in [5, 5.41) is 10.6. The van der Waals surface area contributed by atoms with Gasteiger partial charge in [-0.15, -0.1) is 0 Å². The highest BCUT2D eigenvalue weighted by molar-refractivity contribution is 6.29. The molecule has 86 valence electrons. The van der Waals surface area contributed by atoms with Crippen molar-refractivity contribution < 1.29 is 5.11 Å². The molecule has 0 radical (unpaired) electrons. The van der Waals surface area contributed by atoms with E-state index in [0.717, 1.165) is 12.3 Å². The van der Waals surface area contributed by atoms with E-state index in [0.29, 0.717) is 17.0 Å². The zero-order chi connectivity index (χ0) is 11.1. The van der Waals surface area contributed by atoms with Crippen molar-refractivity contribution in [2.75, 3.05) is 0 Å². The van der Waals surface area contributed by atoms with E-state index in [1.807, 2.05) is 18.3 Å². The van der Waals surface area contributed by atoms with Gasteiger partial charge in [-0.3, -0.25) is 0 Å². The predicted octanol–water partition coefficient (Wildman–Crippen LogP) is 3.00. The summed E-state index contributed by atoms with van der Waals surface area (Å²) in [5.41, 5.74) is 1.23. The zero-order valence-corrected chi connectivity index (χ0v) is 9.90. The zero-order valence-electron chi connectivity index (χ0n) is 9.14. The van der Waals surface area contributed by atoms with Crippen LogP contribution in [-0.4, -0.2) is 16.2 Å². The summed E-state index contributed by atoms with van der Waals surface area (Å²) in [6.45, 7) is 0. The summed E-state index contributed by atoms with van der Waals surface area (Å²) in [5.74, 6) is 1.79. The molecule has 2 aliphatic rings. The number of rotatable bonds is 1. The number of hydrogen-bond acceptors (Lipinski definition) is 2. The number of aromatic nitrogens is 1. The molecule has 0 amide bonds. The van der Waals surface area contributed by atoms with E-state index in [9.17, 15) is 5.11 Å². The highest BCUT2D eigenvalue weighted by Crippen LogP contribution is 2.49. The van der Waals surface area contributed by atoms with Gasteiger partial charge in [-0.1, -0.05) is 17.7 Å². The Morgan fingerprint density at radius 2 is 2.12 bits per heavy atom. The average molecular weight is 238 g/mol. The van der Waals surface area contributed by atoms with Gasteiger partial charge in [0, 0.05) is 6.20 Å². The van der Waals surface area contributed by atoms with Crippen LogP contribution in [0.3, 0.4) is 0 Å². The van der Waals surface area contributed by atoms with Crippen LogP contribution in [0.4, 0.5) is 0 Å². The van der Waals surface area contributed by atoms with Crippen LogP contribution < -0.4 is 0 Å². The monoisotopic (exact) mass is 237 g/mol. The van der Waals surface area contributed by atoms with Crippen LogP contribution >= 0.6 is 11.6 Å². The maximum Gasteiger partial charge on any atom is 0.129 e. The van der Waals surface area contributed by atoms with Crippen molar-refractivity contribution in [3.05, 3.63) is 29.0 Å². The Balaban J connectivity index is 1.77. The summed E-state index contributed by atoms with van der Waals surface area (Å²) < 4.78 is 0. The number of halogens is 1. The fourth-order valence-electron chi connectivity index (χ4n) is 3.22. The molecule has 1 aromatic heterocycles. The standard InChI is InChI=1S/C13H16ClNO/c14-13-4-2-9(7-15-13)10-5-8-1-3-11(8)12(16)6-10/h2,4,7-8,10-12,16H,1,3,5-6H2/t8?,10-,11?,12?/m0/s1. The SMILES string of the molecule is OC1C[C@@H](c2ccc(Cl)nc2)CC2CCC12. The molecule has 3 rings (SSSR count). The van der Waals surface area contributed by atoms with Gasteiger partial charge in [-0.05, 0) is 55.1 Å². The molecule has 0 spiro atoms. The Kier molecular flexibility index (Phi) is 2.64. The molecule has 3 heteroatoms. The Morgan fingerprint density at radius 3 is 2.69 bits per heavy atom. The van der Waals surface area contributed by atoms with Crippen LogP contribution in [0.2, 0.25) is 5.15 Å². The number of aliphatic hydroxyl groups is 1. The van der Waals surface area contributed by atoms with Crippen molar-refractivity contribution in [2.45, 2.75) is 37.7 Å². The van der Waals surface area contributed by atoms with Gasteiger partial charge in [-0.25, -0.2) is 4.98 Å². The van der Waals surface area contributed by atoms with E-state index in [2.05, 4.69) is 4.98 Å². The molecule has 0 bridgehead atoms. The quantitative estimate of drug-likeness (QED) is 0.762. The maximum absolute atomic E-state index is 10.0. The average Bonchev–Trinajstić information content (AvgIpc) is 2.22. The first kappa shape index (κ1) is 10.5. The summed E-state index contributed by atoms with van der Waals surface area (Å²) in [6, 6.07) is 3.89. The van der Waals surface area contributed by atoms with Gasteiger partial charge in [-0.2, -0.15) is 0 Å². The van der Waals surface area contributed by atoms with Crippen molar-refractivity contribution in [3.63, 3.8) is 0 Å². The van der Waals surface area contributed by atoms with E-state index in [1.165, 1.54) is 24.8 Å². The number of pyridine rings is 1. The molecule has 2 aliphatic carbocycles. The second kappa shape index (κ2) is 4.01. The lowest BCUT2D eigenvalue weighted by Gasteiger charge is -2.47. The van der Waals surface area contributed by atoms with E-state index in [4.69, 9.17) is 11.6 Å². The Labute approximate surface area is 101 Å². The van der Waals surface area contributed by atoms with Gasteiger partial charge in [0.15, 0.2) is 0 Å². The lowest BCUT2D eigenvalue weighted by molar-refractivity contribution is -0.0327. The van der Waals surface area contributed by atoms with Crippen LogP contribution in [0.1, 0.15) is 37.2 Å². The number of fused-ring (bicyclic) bond motifs is 1. The molecular formula is C13H16ClNO.